The molecule has 0 unspecified atom stereocenters. The summed E-state index contributed by atoms with van der Waals surface area (Å²) in [6, 6.07) is 13.1. The molecule has 1 aliphatic rings. The van der Waals surface area contributed by atoms with Crippen molar-refractivity contribution in [3.8, 4) is 5.75 Å². The SMILES string of the molecule is COc1ccc(NC(=O)[C@H]2CCCN(Cc3ccc(Cl)cc3)C2)cc1Cl. The number of nitrogens with zero attached hydrogens (tertiary/aromatic N) is 1. The third kappa shape index (κ3) is 4.91. The Kier molecular flexibility index (Phi) is 6.41. The zero-order valence-corrected chi connectivity index (χ0v) is 16.2. The van der Waals surface area contributed by atoms with Crippen molar-refractivity contribution in [1.82, 2.24) is 4.90 Å². The summed E-state index contributed by atoms with van der Waals surface area (Å²) in [5.41, 5.74) is 1.90. The number of halogens is 2. The fraction of sp³-hybridized carbons (Fsp3) is 0.350. The Morgan fingerprint density at radius 1 is 1.23 bits per heavy atom. The van der Waals surface area contributed by atoms with E-state index in [1.807, 2.05) is 24.3 Å². The standard InChI is InChI=1S/C20H22Cl2N2O2/c1-26-19-9-8-17(11-18(19)22)23-20(25)15-3-2-10-24(13-15)12-14-4-6-16(21)7-5-14/h4-9,11,15H,2-3,10,12-13H2,1H3,(H,23,25)/t15-/m0/s1. The molecule has 138 valence electrons. The fourth-order valence-corrected chi connectivity index (χ4v) is 3.63. The molecule has 2 aromatic rings. The van der Waals surface area contributed by atoms with Crippen molar-refractivity contribution in [2.45, 2.75) is 19.4 Å². The van der Waals surface area contributed by atoms with Crippen molar-refractivity contribution >= 4 is 34.8 Å². The number of amides is 1. The maximum Gasteiger partial charge on any atom is 0.228 e. The maximum atomic E-state index is 12.6. The molecular formula is C20H22Cl2N2O2. The van der Waals surface area contributed by atoms with Crippen LogP contribution in [0.5, 0.6) is 5.75 Å². The first-order valence-electron chi connectivity index (χ1n) is 8.66. The number of carbonyl (C=O) groups is 1. The Hall–Kier alpha value is -1.75. The van der Waals surface area contributed by atoms with Gasteiger partial charge in [0.15, 0.2) is 0 Å². The zero-order valence-electron chi connectivity index (χ0n) is 14.7. The highest BCUT2D eigenvalue weighted by molar-refractivity contribution is 6.32. The van der Waals surface area contributed by atoms with Gasteiger partial charge in [0.05, 0.1) is 18.1 Å². The van der Waals surface area contributed by atoms with Crippen LogP contribution in [0.1, 0.15) is 18.4 Å². The molecule has 1 fully saturated rings. The lowest BCUT2D eigenvalue weighted by atomic mass is 9.96. The lowest BCUT2D eigenvalue weighted by Gasteiger charge is -2.32. The van der Waals surface area contributed by atoms with Crippen LogP contribution in [0, 0.1) is 5.92 Å². The molecule has 26 heavy (non-hydrogen) atoms. The number of methoxy groups -OCH3 is 1. The lowest BCUT2D eigenvalue weighted by Crippen LogP contribution is -2.40. The van der Waals surface area contributed by atoms with Crippen molar-refractivity contribution in [3.63, 3.8) is 0 Å². The highest BCUT2D eigenvalue weighted by Gasteiger charge is 2.26. The largest absolute Gasteiger partial charge is 0.495 e. The molecule has 0 aromatic heterocycles. The number of benzene rings is 2. The van der Waals surface area contributed by atoms with E-state index in [1.54, 1.807) is 25.3 Å². The van der Waals surface area contributed by atoms with Crippen LogP contribution in [0.2, 0.25) is 10.0 Å². The third-order valence-electron chi connectivity index (χ3n) is 4.62. The van der Waals surface area contributed by atoms with E-state index in [1.165, 1.54) is 5.56 Å². The van der Waals surface area contributed by atoms with Crippen LogP contribution in [-0.2, 0) is 11.3 Å². The summed E-state index contributed by atoms with van der Waals surface area (Å²) in [5.74, 6) is 0.598. The summed E-state index contributed by atoms with van der Waals surface area (Å²) in [6.45, 7) is 2.58. The van der Waals surface area contributed by atoms with Crippen LogP contribution in [0.25, 0.3) is 0 Å². The number of likely N-dealkylation sites (tertiary alicyclic amines) is 1. The summed E-state index contributed by atoms with van der Waals surface area (Å²) in [5, 5.41) is 4.20. The topological polar surface area (TPSA) is 41.6 Å². The Labute approximate surface area is 164 Å². The number of rotatable bonds is 5. The van der Waals surface area contributed by atoms with E-state index in [-0.39, 0.29) is 11.8 Å². The van der Waals surface area contributed by atoms with E-state index in [2.05, 4.69) is 10.2 Å². The quantitative estimate of drug-likeness (QED) is 0.790. The molecule has 3 rings (SSSR count). The lowest BCUT2D eigenvalue weighted by molar-refractivity contribution is -0.121. The molecule has 4 nitrogen and oxygen atoms in total. The van der Waals surface area contributed by atoms with E-state index >= 15 is 0 Å². The molecule has 1 aliphatic heterocycles. The van der Waals surface area contributed by atoms with Crippen LogP contribution in [0.15, 0.2) is 42.5 Å². The highest BCUT2D eigenvalue weighted by atomic mass is 35.5. The third-order valence-corrected chi connectivity index (χ3v) is 5.16. The van der Waals surface area contributed by atoms with Gasteiger partial charge in [-0.15, -0.1) is 0 Å². The summed E-state index contributed by atoms with van der Waals surface area (Å²) in [7, 11) is 1.57. The van der Waals surface area contributed by atoms with Crippen molar-refractivity contribution in [2.24, 2.45) is 5.92 Å². The second-order valence-electron chi connectivity index (χ2n) is 6.54. The first-order chi connectivity index (χ1) is 12.5. The molecule has 6 heteroatoms. The first-order valence-corrected chi connectivity index (χ1v) is 9.42. The predicted molar refractivity (Wildman–Crippen MR) is 106 cm³/mol. The van der Waals surface area contributed by atoms with Gasteiger partial charge in [-0.2, -0.15) is 0 Å². The first kappa shape index (κ1) is 19.0. The molecule has 1 heterocycles. The molecule has 1 amide bonds. The molecule has 0 radical (unpaired) electrons. The van der Waals surface area contributed by atoms with Crippen LogP contribution >= 0.6 is 23.2 Å². The molecule has 1 saturated heterocycles. The van der Waals surface area contributed by atoms with Gasteiger partial charge in [0, 0.05) is 23.8 Å². The number of piperidine rings is 1. The van der Waals surface area contributed by atoms with Crippen molar-refractivity contribution < 1.29 is 9.53 Å². The number of nitrogens with one attached hydrogen (secondary N) is 1. The fourth-order valence-electron chi connectivity index (χ4n) is 3.25. The van der Waals surface area contributed by atoms with Gasteiger partial charge < -0.3 is 10.1 Å². The molecule has 0 spiro atoms. The molecule has 0 bridgehead atoms. The monoisotopic (exact) mass is 392 g/mol. The van der Waals surface area contributed by atoms with Gasteiger partial charge in [0.1, 0.15) is 5.75 Å². The molecule has 1 N–H and O–H groups in total. The van der Waals surface area contributed by atoms with Crippen molar-refractivity contribution in [1.29, 1.82) is 0 Å². The van der Waals surface area contributed by atoms with Gasteiger partial charge in [0.25, 0.3) is 0 Å². The average Bonchev–Trinajstić information content (AvgIpc) is 2.64. The van der Waals surface area contributed by atoms with Crippen LogP contribution in [-0.4, -0.2) is 31.0 Å². The smallest absolute Gasteiger partial charge is 0.228 e. The normalized spacial score (nSPS) is 17.7. The molecule has 1 atom stereocenters. The van der Waals surface area contributed by atoms with Gasteiger partial charge in [-0.3, -0.25) is 9.69 Å². The van der Waals surface area contributed by atoms with E-state index in [9.17, 15) is 4.79 Å². The van der Waals surface area contributed by atoms with Gasteiger partial charge in [-0.05, 0) is 55.3 Å². The van der Waals surface area contributed by atoms with Crippen LogP contribution in [0.3, 0.4) is 0 Å². The van der Waals surface area contributed by atoms with Crippen LogP contribution in [0.4, 0.5) is 5.69 Å². The Bertz CT molecular complexity index is 765. The van der Waals surface area contributed by atoms with E-state index in [0.29, 0.717) is 16.5 Å². The minimum absolute atomic E-state index is 0.0306. The van der Waals surface area contributed by atoms with Gasteiger partial charge in [-0.1, -0.05) is 35.3 Å². The Morgan fingerprint density at radius 3 is 2.69 bits per heavy atom. The number of hydrogen-bond donors (Lipinski definition) is 1. The van der Waals surface area contributed by atoms with Crippen molar-refractivity contribution in [2.75, 3.05) is 25.5 Å². The molecule has 0 saturated carbocycles. The summed E-state index contributed by atoms with van der Waals surface area (Å²) >= 11 is 12.1. The molecule has 0 aliphatic carbocycles. The van der Waals surface area contributed by atoms with E-state index < -0.39 is 0 Å². The second kappa shape index (κ2) is 8.76. The second-order valence-corrected chi connectivity index (χ2v) is 7.38. The molecule has 2 aromatic carbocycles. The van der Waals surface area contributed by atoms with Gasteiger partial charge >= 0.3 is 0 Å². The van der Waals surface area contributed by atoms with Crippen LogP contribution < -0.4 is 10.1 Å². The van der Waals surface area contributed by atoms with Gasteiger partial charge in [0.2, 0.25) is 5.91 Å². The van der Waals surface area contributed by atoms with E-state index in [4.69, 9.17) is 27.9 Å². The summed E-state index contributed by atoms with van der Waals surface area (Å²) in [6.07, 6.45) is 1.90. The Morgan fingerprint density at radius 2 is 2.00 bits per heavy atom. The zero-order chi connectivity index (χ0) is 18.5. The highest BCUT2D eigenvalue weighted by Crippen LogP contribution is 2.28. The van der Waals surface area contributed by atoms with E-state index in [0.717, 1.165) is 37.5 Å². The van der Waals surface area contributed by atoms with Gasteiger partial charge in [-0.25, -0.2) is 0 Å². The molecular weight excluding hydrogens is 371 g/mol. The number of ether oxygens (including phenoxy) is 1. The average molecular weight is 393 g/mol. The number of carbonyl (C=O) groups excluding carboxylic acids is 1. The predicted octanol–water partition coefficient (Wildman–Crippen LogP) is 4.85. The minimum atomic E-state index is -0.0306. The summed E-state index contributed by atoms with van der Waals surface area (Å²) < 4.78 is 5.14. The maximum absolute atomic E-state index is 12.6. The Balaban J connectivity index is 1.59. The summed E-state index contributed by atoms with van der Waals surface area (Å²) in [4.78, 5) is 15.0. The minimum Gasteiger partial charge on any atom is -0.495 e. The van der Waals surface area contributed by atoms with Crippen molar-refractivity contribution in [3.05, 3.63) is 58.1 Å². The number of hydrogen-bond acceptors (Lipinski definition) is 3. The number of anilines is 1.